The van der Waals surface area contributed by atoms with Gasteiger partial charge < -0.3 is 0 Å². The first kappa shape index (κ1) is 16.2. The minimum Gasteiger partial charge on any atom is -0.293 e. The molecule has 2 aliphatic rings. The molecule has 3 nitrogen and oxygen atoms in total. The van der Waals surface area contributed by atoms with Crippen LogP contribution in [0.1, 0.15) is 50.0 Å². The van der Waals surface area contributed by atoms with Crippen molar-refractivity contribution >= 4 is 22.9 Å². The normalized spacial score (nSPS) is 18.0. The van der Waals surface area contributed by atoms with Crippen LogP contribution < -0.4 is 0 Å². The Morgan fingerprint density at radius 1 is 0.846 bits per heavy atom. The van der Waals surface area contributed by atoms with Crippen LogP contribution in [0.5, 0.6) is 0 Å². The van der Waals surface area contributed by atoms with Gasteiger partial charge in [0.2, 0.25) is 0 Å². The van der Waals surface area contributed by atoms with Crippen molar-refractivity contribution < 1.29 is 14.4 Å². The second kappa shape index (κ2) is 5.91. The highest BCUT2D eigenvalue weighted by Gasteiger charge is 2.34. The Morgan fingerprint density at radius 2 is 1.42 bits per heavy atom. The van der Waals surface area contributed by atoms with Gasteiger partial charge in [-0.15, -0.1) is 5.73 Å². The lowest BCUT2D eigenvalue weighted by molar-refractivity contribution is 0.0955. The van der Waals surface area contributed by atoms with E-state index in [-0.39, 0.29) is 23.3 Å². The van der Waals surface area contributed by atoms with Crippen molar-refractivity contribution in [1.29, 1.82) is 0 Å². The van der Waals surface area contributed by atoms with Gasteiger partial charge in [0, 0.05) is 22.3 Å². The number of allylic oxidation sites excluding steroid dienone is 3. The topological polar surface area (TPSA) is 51.2 Å². The van der Waals surface area contributed by atoms with Crippen LogP contribution in [0.3, 0.4) is 0 Å². The molecule has 3 heteroatoms. The van der Waals surface area contributed by atoms with E-state index in [1.165, 1.54) is 12.2 Å². The maximum atomic E-state index is 12.5. The van der Waals surface area contributed by atoms with Gasteiger partial charge in [0.05, 0.1) is 5.92 Å². The quantitative estimate of drug-likeness (QED) is 0.746. The van der Waals surface area contributed by atoms with E-state index >= 15 is 0 Å². The van der Waals surface area contributed by atoms with E-state index in [4.69, 9.17) is 0 Å². The van der Waals surface area contributed by atoms with Crippen LogP contribution in [0.15, 0.2) is 60.9 Å². The predicted molar refractivity (Wildman–Crippen MR) is 100 cm³/mol. The number of fused-ring (bicyclic) bond motifs is 2. The summed E-state index contributed by atoms with van der Waals surface area (Å²) in [5.41, 5.74) is 7.88. The minimum atomic E-state index is -0.189. The summed E-state index contributed by atoms with van der Waals surface area (Å²) in [6.07, 6.45) is 3.32. The van der Waals surface area contributed by atoms with E-state index in [2.05, 4.69) is 12.3 Å². The Bertz CT molecular complexity index is 1080. The van der Waals surface area contributed by atoms with Gasteiger partial charge in [-0.3, -0.25) is 14.4 Å². The summed E-state index contributed by atoms with van der Waals surface area (Å²) in [6.45, 7) is 5.73. The molecule has 26 heavy (non-hydrogen) atoms. The van der Waals surface area contributed by atoms with E-state index in [0.29, 0.717) is 23.1 Å². The fourth-order valence-corrected chi connectivity index (χ4v) is 3.75. The monoisotopic (exact) mass is 340 g/mol. The molecule has 0 fully saturated rings. The van der Waals surface area contributed by atoms with E-state index in [1.807, 2.05) is 31.2 Å². The van der Waals surface area contributed by atoms with Crippen LogP contribution in [0, 0.1) is 5.92 Å². The molecule has 0 saturated heterocycles. The molecule has 0 aromatic heterocycles. The van der Waals surface area contributed by atoms with E-state index in [9.17, 15) is 14.4 Å². The fourth-order valence-electron chi connectivity index (χ4n) is 3.75. The highest BCUT2D eigenvalue weighted by molar-refractivity contribution is 6.22. The average molecular weight is 340 g/mol. The molecule has 0 radical (unpaired) electrons. The largest absolute Gasteiger partial charge is 0.293 e. The van der Waals surface area contributed by atoms with Crippen LogP contribution >= 0.6 is 0 Å². The lowest BCUT2D eigenvalue weighted by Crippen LogP contribution is -2.11. The van der Waals surface area contributed by atoms with Crippen LogP contribution in [0.25, 0.3) is 16.7 Å². The molecule has 1 atom stereocenters. The molecule has 0 spiro atoms. The SMILES string of the molecule is C=C=C1c2cc(-c3ccc4c(c3)C(=O)C=CC4=O)ccc2C(=O)C1CC. The number of carbonyl (C=O) groups excluding carboxylic acids is 3. The fraction of sp³-hybridized carbons (Fsp3) is 0.130. The molecule has 2 aromatic carbocycles. The zero-order valence-electron chi connectivity index (χ0n) is 14.3. The van der Waals surface area contributed by atoms with Gasteiger partial charge in [-0.2, -0.15) is 0 Å². The smallest absolute Gasteiger partial charge is 0.186 e. The Hall–Kier alpha value is -3.29. The third-order valence-electron chi connectivity index (χ3n) is 5.11. The molecule has 2 aliphatic carbocycles. The van der Waals surface area contributed by atoms with Gasteiger partial charge in [-0.1, -0.05) is 31.7 Å². The highest BCUT2D eigenvalue weighted by atomic mass is 16.1. The van der Waals surface area contributed by atoms with Crippen LogP contribution in [-0.4, -0.2) is 17.3 Å². The maximum absolute atomic E-state index is 12.5. The number of hydrogen-bond acceptors (Lipinski definition) is 3. The number of benzene rings is 2. The van der Waals surface area contributed by atoms with E-state index in [0.717, 1.165) is 22.3 Å². The highest BCUT2D eigenvalue weighted by Crippen LogP contribution is 2.40. The van der Waals surface area contributed by atoms with Crippen molar-refractivity contribution in [3.05, 3.63) is 83.1 Å². The molecule has 0 heterocycles. The molecular weight excluding hydrogens is 324 g/mol. The standard InChI is InChI=1S/C23H16O3/c1-3-15-16(4-2)23(26)18-8-6-13(11-19(15)18)14-5-7-17-20(12-14)22(25)10-9-21(17)24/h5-12,16H,1,4H2,2H3. The summed E-state index contributed by atoms with van der Waals surface area (Å²) in [5, 5.41) is 0. The minimum absolute atomic E-state index is 0.108. The zero-order chi connectivity index (χ0) is 18.4. The summed E-state index contributed by atoms with van der Waals surface area (Å²) >= 11 is 0. The summed E-state index contributed by atoms with van der Waals surface area (Å²) in [4.78, 5) is 36.6. The summed E-state index contributed by atoms with van der Waals surface area (Å²) in [7, 11) is 0. The van der Waals surface area contributed by atoms with Crippen molar-refractivity contribution in [1.82, 2.24) is 0 Å². The molecule has 0 amide bonds. The summed E-state index contributed by atoms with van der Waals surface area (Å²) < 4.78 is 0. The molecule has 0 N–H and O–H groups in total. The van der Waals surface area contributed by atoms with Crippen molar-refractivity contribution in [3.8, 4) is 11.1 Å². The molecule has 4 rings (SSSR count). The zero-order valence-corrected chi connectivity index (χ0v) is 14.3. The lowest BCUT2D eigenvalue weighted by Gasteiger charge is -2.12. The molecule has 0 saturated carbocycles. The van der Waals surface area contributed by atoms with Crippen LogP contribution in [0.2, 0.25) is 0 Å². The van der Waals surface area contributed by atoms with Crippen molar-refractivity contribution in [2.45, 2.75) is 13.3 Å². The van der Waals surface area contributed by atoms with Gasteiger partial charge in [0.25, 0.3) is 0 Å². The van der Waals surface area contributed by atoms with Crippen LogP contribution in [0.4, 0.5) is 0 Å². The number of Topliss-reactive ketones (excluding diaryl/α,β-unsaturated/α-hetero) is 1. The van der Waals surface area contributed by atoms with E-state index < -0.39 is 0 Å². The van der Waals surface area contributed by atoms with Gasteiger partial charge in [0.1, 0.15) is 0 Å². The third-order valence-corrected chi connectivity index (χ3v) is 5.11. The molecule has 1 unspecified atom stereocenters. The lowest BCUT2D eigenvalue weighted by atomic mass is 9.90. The Kier molecular flexibility index (Phi) is 3.68. The average Bonchev–Trinajstić information content (AvgIpc) is 2.95. The second-order valence-electron chi connectivity index (χ2n) is 6.50. The molecule has 0 aliphatic heterocycles. The van der Waals surface area contributed by atoms with Crippen LogP contribution in [-0.2, 0) is 0 Å². The Labute approximate surface area is 151 Å². The Balaban J connectivity index is 1.84. The second-order valence-corrected chi connectivity index (χ2v) is 6.50. The molecule has 126 valence electrons. The van der Waals surface area contributed by atoms with Crippen molar-refractivity contribution in [3.63, 3.8) is 0 Å². The molecule has 2 aromatic rings. The number of hydrogen-bond donors (Lipinski definition) is 0. The number of rotatable bonds is 2. The van der Waals surface area contributed by atoms with Gasteiger partial charge in [-0.05, 0) is 53.5 Å². The third kappa shape index (κ3) is 2.26. The number of ketones is 3. The first-order valence-electron chi connectivity index (χ1n) is 8.55. The van der Waals surface area contributed by atoms with E-state index in [1.54, 1.807) is 12.1 Å². The van der Waals surface area contributed by atoms with Crippen molar-refractivity contribution in [2.75, 3.05) is 0 Å². The van der Waals surface area contributed by atoms with Crippen molar-refractivity contribution in [2.24, 2.45) is 5.92 Å². The molecule has 0 bridgehead atoms. The van der Waals surface area contributed by atoms with Gasteiger partial charge in [0.15, 0.2) is 17.3 Å². The first-order chi connectivity index (χ1) is 12.5. The van der Waals surface area contributed by atoms with Gasteiger partial charge in [-0.25, -0.2) is 0 Å². The number of carbonyl (C=O) groups is 3. The molecular formula is C23H16O3. The summed E-state index contributed by atoms with van der Waals surface area (Å²) in [5.74, 6) is -0.411. The predicted octanol–water partition coefficient (Wildman–Crippen LogP) is 4.68. The van der Waals surface area contributed by atoms with Gasteiger partial charge >= 0.3 is 0 Å². The summed E-state index contributed by atoms with van der Waals surface area (Å²) in [6, 6.07) is 10.9. The Morgan fingerprint density at radius 3 is 2.04 bits per heavy atom. The maximum Gasteiger partial charge on any atom is 0.186 e. The first-order valence-corrected chi connectivity index (χ1v) is 8.55.